The minimum atomic E-state index is -3.72. The Morgan fingerprint density at radius 3 is 2.68 bits per heavy atom. The van der Waals surface area contributed by atoms with Gasteiger partial charge in [0.25, 0.3) is 10.0 Å². The Kier molecular flexibility index (Phi) is 4.32. The number of anilines is 1. The number of aryl methyl sites for hydroxylation is 1. The molecule has 0 radical (unpaired) electrons. The van der Waals surface area contributed by atoms with Crippen molar-refractivity contribution < 1.29 is 8.42 Å². The maximum absolute atomic E-state index is 12.2. The number of hydrogen-bond acceptors (Lipinski definition) is 3. The van der Waals surface area contributed by atoms with Gasteiger partial charge in [0.1, 0.15) is 10.0 Å². The van der Waals surface area contributed by atoms with Crippen LogP contribution in [0.3, 0.4) is 0 Å². The highest BCUT2D eigenvalue weighted by Gasteiger charge is 2.18. The third-order valence-corrected chi connectivity index (χ3v) is 5.43. The van der Waals surface area contributed by atoms with E-state index in [1.807, 2.05) is 13.0 Å². The number of pyridine rings is 1. The van der Waals surface area contributed by atoms with Crippen LogP contribution < -0.4 is 4.72 Å². The van der Waals surface area contributed by atoms with Crippen molar-refractivity contribution in [2.45, 2.75) is 11.8 Å². The van der Waals surface area contributed by atoms with Crippen LogP contribution in [0.15, 0.2) is 41.4 Å². The molecule has 2 rings (SSSR count). The molecule has 1 aromatic heterocycles. The fourth-order valence-corrected chi connectivity index (χ4v) is 3.46. The van der Waals surface area contributed by atoms with Gasteiger partial charge in [-0.1, -0.05) is 17.7 Å². The third kappa shape index (κ3) is 3.37. The van der Waals surface area contributed by atoms with Gasteiger partial charge in [-0.15, -0.1) is 0 Å². The molecule has 0 amide bonds. The van der Waals surface area contributed by atoms with E-state index in [-0.39, 0.29) is 10.0 Å². The molecule has 0 spiro atoms. The van der Waals surface area contributed by atoms with Crippen molar-refractivity contribution in [1.29, 1.82) is 0 Å². The summed E-state index contributed by atoms with van der Waals surface area (Å²) in [5, 5.41) is -0.0446. The van der Waals surface area contributed by atoms with Crippen LogP contribution in [0.25, 0.3) is 0 Å². The Morgan fingerprint density at radius 1 is 1.32 bits per heavy atom. The minimum Gasteiger partial charge on any atom is -0.280 e. The van der Waals surface area contributed by atoms with Gasteiger partial charge in [0, 0.05) is 15.5 Å². The molecular weight excluding hydrogens is 399 g/mol. The number of halogens is 2. The molecular formula is C12H10ClIN2O2S. The maximum atomic E-state index is 12.2. The van der Waals surface area contributed by atoms with Crippen LogP contribution in [0, 0.1) is 10.5 Å². The van der Waals surface area contributed by atoms with Crippen molar-refractivity contribution in [2.75, 3.05) is 4.72 Å². The van der Waals surface area contributed by atoms with Gasteiger partial charge in [-0.25, -0.2) is 13.4 Å². The topological polar surface area (TPSA) is 59.1 Å². The molecule has 100 valence electrons. The van der Waals surface area contributed by atoms with Crippen molar-refractivity contribution in [3.63, 3.8) is 0 Å². The first-order valence-corrected chi connectivity index (χ1v) is 8.23. The molecule has 7 heteroatoms. The second-order valence-corrected chi connectivity index (χ2v) is 7.03. The van der Waals surface area contributed by atoms with Crippen LogP contribution in [0.1, 0.15) is 5.56 Å². The molecule has 2 aromatic rings. The molecule has 0 saturated heterocycles. The predicted octanol–water partition coefficient (Wildman–Crippen LogP) is 3.45. The number of nitrogens with zero attached hydrogens (tertiary/aromatic N) is 1. The van der Waals surface area contributed by atoms with E-state index >= 15 is 0 Å². The summed E-state index contributed by atoms with van der Waals surface area (Å²) in [6.07, 6.45) is 1.44. The molecule has 0 aliphatic carbocycles. The monoisotopic (exact) mass is 408 g/mol. The van der Waals surface area contributed by atoms with Gasteiger partial charge in [0.15, 0.2) is 0 Å². The number of rotatable bonds is 3. The second-order valence-electron chi connectivity index (χ2n) is 3.86. The maximum Gasteiger partial charge on any atom is 0.264 e. The first kappa shape index (κ1) is 14.5. The summed E-state index contributed by atoms with van der Waals surface area (Å²) in [7, 11) is -3.72. The molecule has 0 unspecified atom stereocenters. The van der Waals surface area contributed by atoms with Gasteiger partial charge in [-0.3, -0.25) is 4.72 Å². The van der Waals surface area contributed by atoms with E-state index in [0.29, 0.717) is 5.69 Å². The van der Waals surface area contributed by atoms with E-state index in [2.05, 4.69) is 32.3 Å². The van der Waals surface area contributed by atoms with Crippen LogP contribution in [-0.4, -0.2) is 13.4 Å². The summed E-state index contributed by atoms with van der Waals surface area (Å²) in [6.45, 7) is 1.96. The number of aromatic nitrogens is 1. The van der Waals surface area contributed by atoms with Gasteiger partial charge < -0.3 is 0 Å². The van der Waals surface area contributed by atoms with Gasteiger partial charge in [-0.05, 0) is 59.3 Å². The SMILES string of the molecule is Cc1ccc(NS(=O)(=O)c2cccnc2Cl)cc1I. The Labute approximate surface area is 130 Å². The molecule has 0 saturated carbocycles. The Morgan fingerprint density at radius 2 is 2.05 bits per heavy atom. The standard InChI is InChI=1S/C12H10ClIN2O2S/c1-8-4-5-9(7-10(8)14)16-19(17,18)11-3-2-6-15-12(11)13/h2-7,16H,1H3. The van der Waals surface area contributed by atoms with E-state index in [1.165, 1.54) is 18.3 Å². The largest absolute Gasteiger partial charge is 0.280 e. The van der Waals surface area contributed by atoms with Crippen LogP contribution in [-0.2, 0) is 10.0 Å². The highest BCUT2D eigenvalue weighted by molar-refractivity contribution is 14.1. The van der Waals surface area contributed by atoms with E-state index in [4.69, 9.17) is 11.6 Å². The van der Waals surface area contributed by atoms with Gasteiger partial charge in [-0.2, -0.15) is 0 Å². The van der Waals surface area contributed by atoms with E-state index in [1.54, 1.807) is 12.1 Å². The molecule has 19 heavy (non-hydrogen) atoms. The molecule has 0 aliphatic heterocycles. The second kappa shape index (κ2) is 5.64. The summed E-state index contributed by atoms with van der Waals surface area (Å²) in [5.74, 6) is 0. The zero-order valence-electron chi connectivity index (χ0n) is 9.89. The average molecular weight is 409 g/mol. The zero-order chi connectivity index (χ0) is 14.0. The first-order valence-electron chi connectivity index (χ1n) is 5.29. The molecule has 0 fully saturated rings. The van der Waals surface area contributed by atoms with Crippen LogP contribution in [0.5, 0.6) is 0 Å². The summed E-state index contributed by atoms with van der Waals surface area (Å²) < 4.78 is 27.8. The molecule has 0 aliphatic rings. The Hall–Kier alpha value is -0.860. The molecule has 1 N–H and O–H groups in total. The van der Waals surface area contributed by atoms with Crippen LogP contribution in [0.4, 0.5) is 5.69 Å². The molecule has 1 heterocycles. The highest BCUT2D eigenvalue weighted by atomic mass is 127. The predicted molar refractivity (Wildman–Crippen MR) is 84.0 cm³/mol. The lowest BCUT2D eigenvalue weighted by molar-refractivity contribution is 0.601. The number of nitrogens with one attached hydrogen (secondary N) is 1. The zero-order valence-corrected chi connectivity index (χ0v) is 13.6. The molecule has 1 aromatic carbocycles. The van der Waals surface area contributed by atoms with Crippen molar-refractivity contribution in [3.05, 3.63) is 50.8 Å². The normalized spacial score (nSPS) is 11.3. The van der Waals surface area contributed by atoms with Crippen molar-refractivity contribution in [2.24, 2.45) is 0 Å². The smallest absolute Gasteiger partial charge is 0.264 e. The lowest BCUT2D eigenvalue weighted by Crippen LogP contribution is -2.14. The molecule has 0 bridgehead atoms. The summed E-state index contributed by atoms with van der Waals surface area (Å²) in [6, 6.07) is 8.26. The minimum absolute atomic E-state index is 0.0350. The number of hydrogen-bond donors (Lipinski definition) is 1. The van der Waals surface area contributed by atoms with E-state index in [9.17, 15) is 8.42 Å². The van der Waals surface area contributed by atoms with E-state index in [0.717, 1.165) is 9.13 Å². The van der Waals surface area contributed by atoms with Crippen molar-refractivity contribution in [3.8, 4) is 0 Å². The number of benzene rings is 1. The van der Waals surface area contributed by atoms with Crippen molar-refractivity contribution >= 4 is 49.9 Å². The lowest BCUT2D eigenvalue weighted by Gasteiger charge is -2.09. The van der Waals surface area contributed by atoms with Crippen molar-refractivity contribution in [1.82, 2.24) is 4.98 Å². The van der Waals surface area contributed by atoms with Gasteiger partial charge in [0.2, 0.25) is 0 Å². The quantitative estimate of drug-likeness (QED) is 0.625. The summed E-state index contributed by atoms with van der Waals surface area (Å²) >= 11 is 7.95. The molecule has 0 atom stereocenters. The fourth-order valence-electron chi connectivity index (χ4n) is 1.44. The van der Waals surface area contributed by atoms with Crippen LogP contribution >= 0.6 is 34.2 Å². The Balaban J connectivity index is 2.37. The summed E-state index contributed by atoms with van der Waals surface area (Å²) in [5.41, 5.74) is 1.58. The number of sulfonamides is 1. The Bertz CT molecular complexity index is 719. The lowest BCUT2D eigenvalue weighted by atomic mass is 10.2. The highest BCUT2D eigenvalue weighted by Crippen LogP contribution is 2.23. The van der Waals surface area contributed by atoms with Gasteiger partial charge in [0.05, 0.1) is 0 Å². The molecule has 4 nitrogen and oxygen atoms in total. The van der Waals surface area contributed by atoms with E-state index < -0.39 is 10.0 Å². The van der Waals surface area contributed by atoms with Gasteiger partial charge >= 0.3 is 0 Å². The van der Waals surface area contributed by atoms with Crippen LogP contribution in [0.2, 0.25) is 5.15 Å². The average Bonchev–Trinajstić information content (AvgIpc) is 2.34. The third-order valence-electron chi connectivity index (χ3n) is 2.44. The first-order chi connectivity index (χ1) is 8.90. The fraction of sp³-hybridized carbons (Fsp3) is 0.0833. The summed E-state index contributed by atoms with van der Waals surface area (Å²) in [4.78, 5) is 3.73.